The predicted octanol–water partition coefficient (Wildman–Crippen LogP) is 7.75. The van der Waals surface area contributed by atoms with Gasteiger partial charge in [-0.15, -0.1) is 0 Å². The lowest BCUT2D eigenvalue weighted by atomic mass is 9.50. The maximum Gasteiger partial charge on any atom is 0.306 e. The summed E-state index contributed by atoms with van der Waals surface area (Å²) >= 11 is 0. The van der Waals surface area contributed by atoms with Crippen molar-refractivity contribution in [3.05, 3.63) is 35.5 Å². The Kier molecular flexibility index (Phi) is 7.93. The van der Waals surface area contributed by atoms with E-state index in [-0.39, 0.29) is 30.3 Å². The van der Waals surface area contributed by atoms with E-state index in [4.69, 9.17) is 9.84 Å². The van der Waals surface area contributed by atoms with Crippen LogP contribution in [0.1, 0.15) is 99.3 Å². The number of rotatable bonds is 8. The van der Waals surface area contributed by atoms with Gasteiger partial charge in [0, 0.05) is 6.42 Å². The Bertz CT molecular complexity index is 942. The molecule has 200 valence electrons. The first-order valence-corrected chi connectivity index (χ1v) is 14.5. The molecule has 4 rings (SSSR count). The summed E-state index contributed by atoms with van der Waals surface area (Å²) in [7, 11) is 0. The third-order valence-corrected chi connectivity index (χ3v) is 10.8. The van der Waals surface area contributed by atoms with Crippen molar-refractivity contribution in [2.45, 2.75) is 105 Å². The molecule has 0 spiro atoms. The van der Waals surface area contributed by atoms with E-state index in [2.05, 4.69) is 65.8 Å². The molecule has 36 heavy (non-hydrogen) atoms. The summed E-state index contributed by atoms with van der Waals surface area (Å²) in [5.41, 5.74) is 3.66. The molecule has 0 aromatic rings. The minimum absolute atomic E-state index is 0.0414. The molecule has 4 aliphatic rings. The number of hydrogen-bond donors (Lipinski definition) is 1. The molecule has 1 N–H and O–H groups in total. The summed E-state index contributed by atoms with van der Waals surface area (Å²) in [6, 6.07) is 0. The fraction of sp³-hybridized carbons (Fsp3) is 0.750. The molecule has 0 aromatic carbocycles. The van der Waals surface area contributed by atoms with Crippen molar-refractivity contribution >= 4 is 11.9 Å². The molecule has 4 nitrogen and oxygen atoms in total. The maximum absolute atomic E-state index is 12.1. The molecule has 0 bridgehead atoms. The van der Waals surface area contributed by atoms with Crippen LogP contribution in [0.3, 0.4) is 0 Å². The lowest BCUT2D eigenvalue weighted by Gasteiger charge is -2.55. The largest absolute Gasteiger partial charge is 0.481 e. The van der Waals surface area contributed by atoms with Crippen molar-refractivity contribution in [3.63, 3.8) is 0 Å². The van der Waals surface area contributed by atoms with E-state index in [1.807, 2.05) is 0 Å². The van der Waals surface area contributed by atoms with E-state index in [9.17, 15) is 9.59 Å². The van der Waals surface area contributed by atoms with Crippen LogP contribution in [0.4, 0.5) is 0 Å². The van der Waals surface area contributed by atoms with Crippen molar-refractivity contribution in [1.29, 1.82) is 0 Å². The molecule has 4 aliphatic carbocycles. The van der Waals surface area contributed by atoms with Crippen LogP contribution in [0, 0.1) is 46.3 Å². The molecule has 3 fully saturated rings. The first-order chi connectivity index (χ1) is 17.0. The summed E-state index contributed by atoms with van der Waals surface area (Å²) in [5.74, 6) is 2.64. The van der Waals surface area contributed by atoms with Gasteiger partial charge in [-0.05, 0) is 84.9 Å². The van der Waals surface area contributed by atoms with Gasteiger partial charge in [0.1, 0.15) is 6.10 Å². The zero-order chi connectivity index (χ0) is 26.3. The number of fused-ring (bicyclic) bond motifs is 5. The van der Waals surface area contributed by atoms with Crippen molar-refractivity contribution in [3.8, 4) is 0 Å². The molecule has 4 heteroatoms. The second-order valence-electron chi connectivity index (χ2n) is 13.2. The molecule has 3 saturated carbocycles. The van der Waals surface area contributed by atoms with Gasteiger partial charge in [0.15, 0.2) is 0 Å². The quantitative estimate of drug-likeness (QED) is 0.276. The van der Waals surface area contributed by atoms with E-state index >= 15 is 0 Å². The number of hydrogen-bond acceptors (Lipinski definition) is 3. The number of allylic oxidation sites excluding steroid dienone is 5. The molecule has 0 aromatic heterocycles. The Morgan fingerprint density at radius 2 is 1.75 bits per heavy atom. The van der Waals surface area contributed by atoms with Crippen molar-refractivity contribution < 1.29 is 19.4 Å². The second kappa shape index (κ2) is 10.5. The first-order valence-electron chi connectivity index (χ1n) is 14.5. The van der Waals surface area contributed by atoms with Crippen LogP contribution in [0.5, 0.6) is 0 Å². The standard InChI is InChI=1S/C32H48O4/c1-20(2)21(3)7-8-22(4)26-11-12-27-25-10-9-23-19-24(36-30(35)14-13-29(33)34)15-17-31(23,5)28(25)16-18-32(26,27)6/h7-10,20-22,24,26-28H,11-19H2,1-6H3,(H,33,34)/b8-7+/t21-,22+,24-,26+,27-,28-,31+,32-/m1/s1. The number of ether oxygens (including phenoxy) is 1. The predicted molar refractivity (Wildman–Crippen MR) is 144 cm³/mol. The highest BCUT2D eigenvalue weighted by atomic mass is 16.5. The normalized spacial score (nSPS) is 37.4. The lowest BCUT2D eigenvalue weighted by Crippen LogP contribution is -2.46. The van der Waals surface area contributed by atoms with Crippen LogP contribution in [0.2, 0.25) is 0 Å². The summed E-state index contributed by atoms with van der Waals surface area (Å²) < 4.78 is 5.68. The van der Waals surface area contributed by atoms with Crippen LogP contribution < -0.4 is 0 Å². The van der Waals surface area contributed by atoms with E-state index in [0.717, 1.165) is 25.2 Å². The summed E-state index contributed by atoms with van der Waals surface area (Å²) in [5, 5.41) is 8.84. The van der Waals surface area contributed by atoms with Crippen molar-refractivity contribution in [2.75, 3.05) is 0 Å². The number of esters is 1. The van der Waals surface area contributed by atoms with Crippen LogP contribution in [-0.4, -0.2) is 23.1 Å². The van der Waals surface area contributed by atoms with Gasteiger partial charge in [-0.25, -0.2) is 0 Å². The van der Waals surface area contributed by atoms with Crippen LogP contribution in [0.15, 0.2) is 35.5 Å². The monoisotopic (exact) mass is 496 g/mol. The number of carboxylic acid groups (broad SMARTS) is 1. The highest BCUT2D eigenvalue weighted by Crippen LogP contribution is 2.66. The third-order valence-electron chi connectivity index (χ3n) is 10.8. The number of aliphatic carboxylic acids is 1. The molecule has 0 radical (unpaired) electrons. The number of carboxylic acids is 1. The fourth-order valence-electron chi connectivity index (χ4n) is 8.13. The molecule has 0 amide bonds. The highest BCUT2D eigenvalue weighted by molar-refractivity contribution is 5.76. The van der Waals surface area contributed by atoms with Gasteiger partial charge in [0.25, 0.3) is 0 Å². The topological polar surface area (TPSA) is 63.6 Å². The number of carbonyl (C=O) groups is 2. The van der Waals surface area contributed by atoms with E-state index < -0.39 is 5.97 Å². The Balaban J connectivity index is 1.47. The molecule has 0 saturated heterocycles. The van der Waals surface area contributed by atoms with Crippen LogP contribution >= 0.6 is 0 Å². The lowest BCUT2D eigenvalue weighted by molar-refractivity contribution is -0.153. The summed E-state index contributed by atoms with van der Waals surface area (Å²) in [6.45, 7) is 14.4. The molecular formula is C32H48O4. The maximum atomic E-state index is 12.1. The molecule has 8 atom stereocenters. The summed E-state index contributed by atoms with van der Waals surface area (Å²) in [6.07, 6.45) is 17.4. The van der Waals surface area contributed by atoms with Crippen LogP contribution in [-0.2, 0) is 14.3 Å². The second-order valence-corrected chi connectivity index (χ2v) is 13.2. The Morgan fingerprint density at radius 3 is 2.44 bits per heavy atom. The van der Waals surface area contributed by atoms with E-state index in [1.165, 1.54) is 31.3 Å². The highest BCUT2D eigenvalue weighted by Gasteiger charge is 2.57. The molecule has 0 unspecified atom stereocenters. The number of carbonyl (C=O) groups excluding carboxylic acids is 1. The van der Waals surface area contributed by atoms with Gasteiger partial charge in [-0.1, -0.05) is 77.0 Å². The van der Waals surface area contributed by atoms with Gasteiger partial charge >= 0.3 is 11.9 Å². The molecule has 0 heterocycles. The van der Waals surface area contributed by atoms with E-state index in [0.29, 0.717) is 35.0 Å². The first kappa shape index (κ1) is 27.2. The SMILES string of the molecule is CC(C)[C@H](C)/C=C/[C@H](C)[C@@H]1CC[C@@H]2C3=CC=C4C[C@H](OC(=O)CCC(=O)O)CC[C@]4(C)[C@@H]3CC[C@@]21C. The zero-order valence-electron chi connectivity index (χ0n) is 23.4. The molecular weight excluding hydrogens is 448 g/mol. The van der Waals surface area contributed by atoms with Crippen molar-refractivity contribution in [2.24, 2.45) is 46.3 Å². The Hall–Kier alpha value is -1.84. The van der Waals surface area contributed by atoms with Crippen LogP contribution in [0.25, 0.3) is 0 Å². The molecule has 0 aliphatic heterocycles. The average molecular weight is 497 g/mol. The zero-order valence-corrected chi connectivity index (χ0v) is 23.4. The van der Waals surface area contributed by atoms with E-state index in [1.54, 1.807) is 5.57 Å². The smallest absolute Gasteiger partial charge is 0.306 e. The average Bonchev–Trinajstić information content (AvgIpc) is 3.18. The fourth-order valence-corrected chi connectivity index (χ4v) is 8.13. The van der Waals surface area contributed by atoms with Gasteiger partial charge in [0.2, 0.25) is 0 Å². The minimum atomic E-state index is -0.954. The van der Waals surface area contributed by atoms with Gasteiger partial charge in [0.05, 0.1) is 12.8 Å². The Labute approximate surface area is 218 Å². The minimum Gasteiger partial charge on any atom is -0.481 e. The van der Waals surface area contributed by atoms with Gasteiger partial charge in [-0.3, -0.25) is 9.59 Å². The van der Waals surface area contributed by atoms with Gasteiger partial charge < -0.3 is 9.84 Å². The third kappa shape index (κ3) is 5.11. The van der Waals surface area contributed by atoms with Crippen molar-refractivity contribution in [1.82, 2.24) is 0 Å². The van der Waals surface area contributed by atoms with Gasteiger partial charge in [-0.2, -0.15) is 0 Å². The Morgan fingerprint density at radius 1 is 1.00 bits per heavy atom. The summed E-state index contributed by atoms with van der Waals surface area (Å²) in [4.78, 5) is 22.9.